The number of carbonyl (C=O) groups excluding carboxylic acids is 1. The molecule has 6 heteroatoms. The van der Waals surface area contributed by atoms with E-state index in [0.29, 0.717) is 26.2 Å². The lowest BCUT2D eigenvalue weighted by Gasteiger charge is -2.27. The zero-order valence-corrected chi connectivity index (χ0v) is 13.0. The molecule has 0 aliphatic carbocycles. The number of carbonyl (C=O) groups is 1. The quantitative estimate of drug-likeness (QED) is 0.807. The van der Waals surface area contributed by atoms with Crippen LogP contribution in [0.3, 0.4) is 0 Å². The van der Waals surface area contributed by atoms with Crippen LogP contribution in [-0.2, 0) is 4.74 Å². The standard InChI is InChI=1S/C16H22F2N2O2/c1-19(2)5-6-20(11-15-4-3-7-22-15)16(21)12-8-13(17)10-14(18)9-12/h8-10,15H,3-7,11H2,1-2H3/t15-/m1/s1. The summed E-state index contributed by atoms with van der Waals surface area (Å²) >= 11 is 0. The average Bonchev–Trinajstić information content (AvgIpc) is 2.94. The minimum atomic E-state index is -0.743. The number of hydrogen-bond donors (Lipinski definition) is 0. The van der Waals surface area contributed by atoms with Crippen molar-refractivity contribution in [1.29, 1.82) is 0 Å². The third kappa shape index (κ3) is 4.74. The van der Waals surface area contributed by atoms with Crippen molar-refractivity contribution >= 4 is 5.91 Å². The summed E-state index contributed by atoms with van der Waals surface area (Å²) < 4.78 is 32.2. The lowest BCUT2D eigenvalue weighted by atomic mass is 10.1. The second kappa shape index (κ2) is 7.65. The van der Waals surface area contributed by atoms with E-state index in [-0.39, 0.29) is 17.6 Å². The van der Waals surface area contributed by atoms with Crippen LogP contribution in [0.1, 0.15) is 23.2 Å². The Morgan fingerprint density at radius 1 is 1.23 bits per heavy atom. The van der Waals surface area contributed by atoms with Crippen molar-refractivity contribution in [2.45, 2.75) is 18.9 Å². The first-order valence-electron chi connectivity index (χ1n) is 7.47. The van der Waals surface area contributed by atoms with Crippen molar-refractivity contribution in [2.75, 3.05) is 40.3 Å². The molecule has 1 amide bonds. The van der Waals surface area contributed by atoms with Gasteiger partial charge < -0.3 is 14.5 Å². The van der Waals surface area contributed by atoms with Crippen molar-refractivity contribution in [2.24, 2.45) is 0 Å². The first-order valence-corrected chi connectivity index (χ1v) is 7.47. The highest BCUT2D eigenvalue weighted by atomic mass is 19.1. The summed E-state index contributed by atoms with van der Waals surface area (Å²) in [6.07, 6.45) is 1.89. The molecule has 22 heavy (non-hydrogen) atoms. The highest BCUT2D eigenvalue weighted by molar-refractivity contribution is 5.94. The van der Waals surface area contributed by atoms with Crippen LogP contribution in [0, 0.1) is 11.6 Å². The molecule has 1 aliphatic heterocycles. The minimum absolute atomic E-state index is 0.00418. The average molecular weight is 312 g/mol. The summed E-state index contributed by atoms with van der Waals surface area (Å²) in [5.74, 6) is -1.85. The Kier molecular flexibility index (Phi) is 5.85. The minimum Gasteiger partial charge on any atom is -0.376 e. The van der Waals surface area contributed by atoms with E-state index in [1.165, 1.54) is 0 Å². The number of halogens is 2. The highest BCUT2D eigenvalue weighted by Gasteiger charge is 2.24. The maximum absolute atomic E-state index is 13.3. The number of ether oxygens (including phenoxy) is 1. The van der Waals surface area contributed by atoms with Crippen LogP contribution < -0.4 is 0 Å². The van der Waals surface area contributed by atoms with Gasteiger partial charge in [-0.05, 0) is 39.1 Å². The third-order valence-corrected chi connectivity index (χ3v) is 3.66. The Balaban J connectivity index is 2.12. The van der Waals surface area contributed by atoms with Gasteiger partial charge >= 0.3 is 0 Å². The van der Waals surface area contributed by atoms with Gasteiger partial charge in [0, 0.05) is 37.9 Å². The van der Waals surface area contributed by atoms with Gasteiger partial charge in [-0.2, -0.15) is 0 Å². The van der Waals surface area contributed by atoms with Crippen LogP contribution in [0.2, 0.25) is 0 Å². The summed E-state index contributed by atoms with van der Waals surface area (Å²) in [4.78, 5) is 16.1. The number of rotatable bonds is 6. The number of amides is 1. The van der Waals surface area contributed by atoms with Gasteiger partial charge in [0.2, 0.25) is 0 Å². The van der Waals surface area contributed by atoms with Crippen molar-refractivity contribution in [3.8, 4) is 0 Å². The number of benzene rings is 1. The lowest BCUT2D eigenvalue weighted by molar-refractivity contribution is 0.0511. The molecule has 1 aromatic carbocycles. The van der Waals surface area contributed by atoms with Gasteiger partial charge in [-0.25, -0.2) is 8.78 Å². The molecule has 1 heterocycles. The van der Waals surface area contributed by atoms with Gasteiger partial charge in [0.15, 0.2) is 0 Å². The Bertz CT molecular complexity index is 497. The van der Waals surface area contributed by atoms with Gasteiger partial charge in [-0.3, -0.25) is 4.79 Å². The SMILES string of the molecule is CN(C)CCN(C[C@H]1CCCO1)C(=O)c1cc(F)cc(F)c1. The molecule has 0 radical (unpaired) electrons. The summed E-state index contributed by atoms with van der Waals surface area (Å²) in [6.45, 7) is 2.32. The molecular weight excluding hydrogens is 290 g/mol. The van der Waals surface area contributed by atoms with Crippen LogP contribution in [0.25, 0.3) is 0 Å². The van der Waals surface area contributed by atoms with Crippen LogP contribution in [0.15, 0.2) is 18.2 Å². The monoisotopic (exact) mass is 312 g/mol. The molecule has 0 saturated carbocycles. The molecule has 0 aromatic heterocycles. The van der Waals surface area contributed by atoms with Crippen molar-refractivity contribution in [3.05, 3.63) is 35.4 Å². The van der Waals surface area contributed by atoms with E-state index in [1.807, 2.05) is 19.0 Å². The first kappa shape index (κ1) is 16.8. The number of likely N-dealkylation sites (N-methyl/N-ethyl adjacent to an activating group) is 1. The van der Waals surface area contributed by atoms with Crippen LogP contribution in [0.4, 0.5) is 8.78 Å². The molecule has 1 aromatic rings. The molecule has 1 fully saturated rings. The molecule has 0 N–H and O–H groups in total. The van der Waals surface area contributed by atoms with Crippen LogP contribution in [0.5, 0.6) is 0 Å². The predicted octanol–water partition coefficient (Wildman–Crippen LogP) is 2.15. The van der Waals surface area contributed by atoms with E-state index in [2.05, 4.69) is 0 Å². The fourth-order valence-electron chi connectivity index (χ4n) is 2.49. The fraction of sp³-hybridized carbons (Fsp3) is 0.562. The topological polar surface area (TPSA) is 32.8 Å². The predicted molar refractivity (Wildman–Crippen MR) is 79.8 cm³/mol. The molecule has 4 nitrogen and oxygen atoms in total. The van der Waals surface area contributed by atoms with Crippen LogP contribution >= 0.6 is 0 Å². The molecule has 0 bridgehead atoms. The second-order valence-corrected chi connectivity index (χ2v) is 5.85. The van der Waals surface area contributed by atoms with Crippen LogP contribution in [-0.4, -0.2) is 62.1 Å². The fourth-order valence-corrected chi connectivity index (χ4v) is 2.49. The smallest absolute Gasteiger partial charge is 0.254 e. The van der Waals surface area contributed by atoms with E-state index >= 15 is 0 Å². The Labute approximate surface area is 129 Å². The van der Waals surface area contributed by atoms with E-state index in [0.717, 1.165) is 31.0 Å². The Morgan fingerprint density at radius 3 is 2.45 bits per heavy atom. The largest absolute Gasteiger partial charge is 0.376 e. The molecule has 0 unspecified atom stereocenters. The molecule has 1 atom stereocenters. The molecule has 1 saturated heterocycles. The normalized spacial score (nSPS) is 18.0. The molecule has 1 aliphatic rings. The van der Waals surface area contributed by atoms with Crippen molar-refractivity contribution < 1.29 is 18.3 Å². The van der Waals surface area contributed by atoms with Gasteiger partial charge in [0.1, 0.15) is 11.6 Å². The molecule has 0 spiro atoms. The zero-order chi connectivity index (χ0) is 16.1. The Hall–Kier alpha value is -1.53. The molecular formula is C16H22F2N2O2. The van der Waals surface area contributed by atoms with E-state index in [4.69, 9.17) is 4.74 Å². The van der Waals surface area contributed by atoms with Gasteiger partial charge in [-0.1, -0.05) is 0 Å². The van der Waals surface area contributed by atoms with Crippen molar-refractivity contribution in [1.82, 2.24) is 9.80 Å². The summed E-state index contributed by atoms with van der Waals surface area (Å²) in [6, 6.07) is 2.91. The second-order valence-electron chi connectivity index (χ2n) is 5.85. The van der Waals surface area contributed by atoms with E-state index in [1.54, 1.807) is 4.90 Å². The number of nitrogens with zero attached hydrogens (tertiary/aromatic N) is 2. The van der Waals surface area contributed by atoms with Gasteiger partial charge in [0.25, 0.3) is 5.91 Å². The van der Waals surface area contributed by atoms with E-state index in [9.17, 15) is 13.6 Å². The van der Waals surface area contributed by atoms with E-state index < -0.39 is 11.6 Å². The third-order valence-electron chi connectivity index (χ3n) is 3.66. The molecule has 2 rings (SSSR count). The summed E-state index contributed by atoms with van der Waals surface area (Å²) in [5, 5.41) is 0. The lowest BCUT2D eigenvalue weighted by Crippen LogP contribution is -2.41. The van der Waals surface area contributed by atoms with Gasteiger partial charge in [0.05, 0.1) is 6.10 Å². The zero-order valence-electron chi connectivity index (χ0n) is 13.0. The van der Waals surface area contributed by atoms with Gasteiger partial charge in [-0.15, -0.1) is 0 Å². The Morgan fingerprint density at radius 2 is 1.91 bits per heavy atom. The van der Waals surface area contributed by atoms with Crippen molar-refractivity contribution in [3.63, 3.8) is 0 Å². The maximum atomic E-state index is 13.3. The summed E-state index contributed by atoms with van der Waals surface area (Å²) in [5.41, 5.74) is 0.0363. The maximum Gasteiger partial charge on any atom is 0.254 e. The first-order chi connectivity index (χ1) is 10.5. The summed E-state index contributed by atoms with van der Waals surface area (Å²) in [7, 11) is 3.83. The number of hydrogen-bond acceptors (Lipinski definition) is 3. The molecule has 122 valence electrons. The highest BCUT2D eigenvalue weighted by Crippen LogP contribution is 2.16.